The molecule has 0 saturated carbocycles. The number of hydrogen-bond donors (Lipinski definition) is 1. The van der Waals surface area contributed by atoms with E-state index in [2.05, 4.69) is 20.3 Å². The highest BCUT2D eigenvalue weighted by atomic mass is 32.1. The third-order valence-electron chi connectivity index (χ3n) is 2.99. The molecule has 0 aliphatic carbocycles. The topological polar surface area (TPSA) is 102 Å². The molecule has 0 aliphatic heterocycles. The van der Waals surface area contributed by atoms with Crippen LogP contribution in [0.15, 0.2) is 53.9 Å². The molecule has 1 aromatic carbocycles. The summed E-state index contributed by atoms with van der Waals surface area (Å²) in [4.78, 5) is 14.3. The quantitative estimate of drug-likeness (QED) is 0.344. The molecule has 2 aromatic heterocycles. The first-order chi connectivity index (χ1) is 11.1. The molecular weight excluding hydrogens is 316 g/mol. The Morgan fingerprint density at radius 3 is 2.83 bits per heavy atom. The third kappa shape index (κ3) is 3.19. The van der Waals surface area contributed by atoms with Crippen molar-refractivity contribution in [3.05, 3.63) is 69.2 Å². The van der Waals surface area contributed by atoms with Crippen molar-refractivity contribution in [3.63, 3.8) is 0 Å². The minimum absolute atomic E-state index is 0.000835. The van der Waals surface area contributed by atoms with Crippen LogP contribution in [0.1, 0.15) is 5.56 Å². The largest absolute Gasteiger partial charge is 0.270 e. The highest BCUT2D eigenvalue weighted by Gasteiger charge is 2.08. The Morgan fingerprint density at radius 2 is 2.09 bits per heavy atom. The number of H-pyrrole nitrogens is 1. The Hall–Kier alpha value is -3.20. The van der Waals surface area contributed by atoms with Crippen LogP contribution >= 0.6 is 12.2 Å². The molecule has 0 atom stereocenters. The fourth-order valence-corrected chi connectivity index (χ4v) is 2.11. The predicted molar refractivity (Wildman–Crippen MR) is 86.7 cm³/mol. The number of benzene rings is 1. The number of aromatic nitrogens is 4. The van der Waals surface area contributed by atoms with Gasteiger partial charge < -0.3 is 0 Å². The van der Waals surface area contributed by atoms with Crippen molar-refractivity contribution in [2.75, 3.05) is 0 Å². The summed E-state index contributed by atoms with van der Waals surface area (Å²) < 4.78 is 1.77. The number of pyridine rings is 1. The summed E-state index contributed by atoms with van der Waals surface area (Å²) in [6, 6.07) is 9.72. The van der Waals surface area contributed by atoms with Crippen LogP contribution in [0.4, 0.5) is 5.69 Å². The molecule has 0 aliphatic rings. The molecule has 0 spiro atoms. The zero-order valence-electron chi connectivity index (χ0n) is 11.7. The standard InChI is InChI=1S/C14H10N6O2S/c21-20(22)12-3-1-2-10(8-12)9-16-19-13(17-18-14(19)23)11-4-6-15-7-5-11/h1-9H,(H,18,23). The van der Waals surface area contributed by atoms with Gasteiger partial charge in [-0.25, -0.2) is 5.10 Å². The molecule has 3 aromatic rings. The lowest BCUT2D eigenvalue weighted by Crippen LogP contribution is -1.95. The van der Waals surface area contributed by atoms with E-state index in [1.165, 1.54) is 23.0 Å². The van der Waals surface area contributed by atoms with Gasteiger partial charge in [0, 0.05) is 35.7 Å². The van der Waals surface area contributed by atoms with Gasteiger partial charge in [-0.15, -0.1) is 0 Å². The van der Waals surface area contributed by atoms with E-state index in [1.807, 2.05) is 0 Å². The zero-order chi connectivity index (χ0) is 16.2. The fraction of sp³-hybridized carbons (Fsp3) is 0. The number of nitrogens with one attached hydrogen (secondary N) is 1. The van der Waals surface area contributed by atoms with Crippen molar-refractivity contribution in [1.82, 2.24) is 19.9 Å². The molecule has 114 valence electrons. The predicted octanol–water partition coefficient (Wildman–Crippen LogP) is 2.79. The van der Waals surface area contributed by atoms with Gasteiger partial charge in [-0.3, -0.25) is 15.1 Å². The second-order valence-corrected chi connectivity index (χ2v) is 4.88. The van der Waals surface area contributed by atoms with E-state index in [1.54, 1.807) is 36.7 Å². The molecule has 0 fully saturated rings. The maximum atomic E-state index is 10.8. The minimum Gasteiger partial charge on any atom is -0.265 e. The highest BCUT2D eigenvalue weighted by Crippen LogP contribution is 2.16. The average molecular weight is 326 g/mol. The van der Waals surface area contributed by atoms with Gasteiger partial charge in [0.05, 0.1) is 11.1 Å². The first-order valence-corrected chi connectivity index (χ1v) is 6.92. The Labute approximate surface area is 135 Å². The molecule has 3 rings (SSSR count). The number of nitro groups is 1. The first kappa shape index (κ1) is 14.7. The van der Waals surface area contributed by atoms with Crippen molar-refractivity contribution in [3.8, 4) is 11.4 Å². The molecule has 23 heavy (non-hydrogen) atoms. The zero-order valence-corrected chi connectivity index (χ0v) is 12.5. The molecule has 1 N–H and O–H groups in total. The van der Waals surface area contributed by atoms with Gasteiger partial charge in [0.15, 0.2) is 5.82 Å². The number of nitro benzene ring substituents is 1. The Kier molecular flexibility index (Phi) is 4.02. The van der Waals surface area contributed by atoms with Crippen LogP contribution in [0.3, 0.4) is 0 Å². The summed E-state index contributed by atoms with van der Waals surface area (Å²) in [5.74, 6) is 0.527. The monoisotopic (exact) mass is 326 g/mol. The fourth-order valence-electron chi connectivity index (χ4n) is 1.93. The summed E-state index contributed by atoms with van der Waals surface area (Å²) >= 11 is 5.16. The molecule has 0 radical (unpaired) electrons. The Morgan fingerprint density at radius 1 is 1.30 bits per heavy atom. The van der Waals surface area contributed by atoms with E-state index in [9.17, 15) is 10.1 Å². The number of rotatable bonds is 4. The summed E-state index contributed by atoms with van der Waals surface area (Å²) in [6.45, 7) is 0. The van der Waals surface area contributed by atoms with Crippen LogP contribution in [-0.4, -0.2) is 31.0 Å². The molecule has 0 bridgehead atoms. The lowest BCUT2D eigenvalue weighted by atomic mass is 10.2. The highest BCUT2D eigenvalue weighted by molar-refractivity contribution is 7.71. The number of non-ortho nitro benzene ring substituents is 1. The summed E-state index contributed by atoms with van der Waals surface area (Å²) in [5, 5.41) is 21.9. The Bertz CT molecular complexity index is 932. The lowest BCUT2D eigenvalue weighted by Gasteiger charge is -2.00. The first-order valence-electron chi connectivity index (χ1n) is 6.52. The summed E-state index contributed by atoms with van der Waals surface area (Å²) in [6.07, 6.45) is 4.77. The maximum Gasteiger partial charge on any atom is 0.270 e. The number of nitrogens with zero attached hydrogens (tertiary/aromatic N) is 5. The van der Waals surface area contributed by atoms with Crippen molar-refractivity contribution >= 4 is 24.1 Å². The molecule has 0 saturated heterocycles. The smallest absolute Gasteiger partial charge is 0.265 e. The van der Waals surface area contributed by atoms with E-state index in [4.69, 9.17) is 12.2 Å². The summed E-state index contributed by atoms with van der Waals surface area (Å²) in [5.41, 5.74) is 1.38. The molecule has 2 heterocycles. The van der Waals surface area contributed by atoms with Gasteiger partial charge in [0.1, 0.15) is 0 Å². The van der Waals surface area contributed by atoms with Crippen LogP contribution in [0.25, 0.3) is 11.4 Å². The third-order valence-corrected chi connectivity index (χ3v) is 3.26. The van der Waals surface area contributed by atoms with Crippen molar-refractivity contribution in [2.45, 2.75) is 0 Å². The van der Waals surface area contributed by atoms with Crippen LogP contribution in [0.2, 0.25) is 0 Å². The van der Waals surface area contributed by atoms with Crippen LogP contribution in [0.5, 0.6) is 0 Å². The van der Waals surface area contributed by atoms with Gasteiger partial charge in [0.2, 0.25) is 4.77 Å². The van der Waals surface area contributed by atoms with Crippen LogP contribution in [0, 0.1) is 14.9 Å². The maximum absolute atomic E-state index is 10.8. The van der Waals surface area contributed by atoms with E-state index in [0.29, 0.717) is 16.2 Å². The molecule has 0 unspecified atom stereocenters. The minimum atomic E-state index is -0.455. The second-order valence-electron chi connectivity index (χ2n) is 4.50. The van der Waals surface area contributed by atoms with Gasteiger partial charge in [-0.2, -0.15) is 14.9 Å². The van der Waals surface area contributed by atoms with Gasteiger partial charge in [0.25, 0.3) is 5.69 Å². The van der Waals surface area contributed by atoms with Gasteiger partial charge in [-0.1, -0.05) is 12.1 Å². The molecule has 9 heteroatoms. The van der Waals surface area contributed by atoms with Crippen molar-refractivity contribution < 1.29 is 4.92 Å². The van der Waals surface area contributed by atoms with E-state index in [-0.39, 0.29) is 5.69 Å². The average Bonchev–Trinajstić information content (AvgIpc) is 2.95. The lowest BCUT2D eigenvalue weighted by molar-refractivity contribution is -0.384. The SMILES string of the molecule is O=[N+]([O-])c1cccc(C=Nn2c(-c3ccncc3)n[nH]c2=S)c1. The molecular formula is C14H10N6O2S. The van der Waals surface area contributed by atoms with E-state index < -0.39 is 4.92 Å². The normalized spacial score (nSPS) is 11.0. The van der Waals surface area contributed by atoms with Crippen molar-refractivity contribution in [2.24, 2.45) is 5.10 Å². The van der Waals surface area contributed by atoms with Gasteiger partial charge in [-0.05, 0) is 24.4 Å². The number of hydrogen-bond acceptors (Lipinski definition) is 6. The molecule has 8 nitrogen and oxygen atoms in total. The Balaban J connectivity index is 1.98. The van der Waals surface area contributed by atoms with Crippen LogP contribution < -0.4 is 0 Å². The summed E-state index contributed by atoms with van der Waals surface area (Å²) in [7, 11) is 0. The van der Waals surface area contributed by atoms with Crippen molar-refractivity contribution in [1.29, 1.82) is 0 Å². The number of aromatic amines is 1. The van der Waals surface area contributed by atoms with Gasteiger partial charge >= 0.3 is 0 Å². The second kappa shape index (κ2) is 6.28. The van der Waals surface area contributed by atoms with E-state index >= 15 is 0 Å². The van der Waals surface area contributed by atoms with E-state index in [0.717, 1.165) is 5.56 Å². The van der Waals surface area contributed by atoms with Crippen LogP contribution in [-0.2, 0) is 0 Å². The molecule has 0 amide bonds.